The Labute approximate surface area is 168 Å². The molecule has 1 saturated carbocycles. The number of aromatic nitrogens is 5. The summed E-state index contributed by atoms with van der Waals surface area (Å²) in [7, 11) is 0. The molecule has 0 amide bonds. The predicted molar refractivity (Wildman–Crippen MR) is 112 cm³/mol. The Bertz CT molecular complexity index is 1190. The maximum absolute atomic E-state index is 5.82. The van der Waals surface area contributed by atoms with Gasteiger partial charge in [0, 0.05) is 30.0 Å². The van der Waals surface area contributed by atoms with E-state index in [1.807, 2.05) is 16.8 Å². The molecule has 148 valence electrons. The van der Waals surface area contributed by atoms with Gasteiger partial charge >= 0.3 is 0 Å². The minimum atomic E-state index is 0.271. The number of anilines is 1. The van der Waals surface area contributed by atoms with Crippen molar-refractivity contribution in [2.45, 2.75) is 38.2 Å². The van der Waals surface area contributed by atoms with E-state index in [9.17, 15) is 0 Å². The van der Waals surface area contributed by atoms with Gasteiger partial charge in [0.1, 0.15) is 5.82 Å². The molecule has 0 spiro atoms. The Morgan fingerprint density at radius 2 is 2.14 bits per heavy atom. The van der Waals surface area contributed by atoms with E-state index in [0.29, 0.717) is 5.92 Å². The van der Waals surface area contributed by atoms with Crippen molar-refractivity contribution in [2.24, 2.45) is 0 Å². The lowest BCUT2D eigenvalue weighted by Crippen LogP contribution is -2.42. The smallest absolute Gasteiger partial charge is 0.154 e. The molecule has 0 bridgehead atoms. The molecule has 1 aromatic carbocycles. The molecule has 1 aliphatic heterocycles. The molecule has 1 aliphatic carbocycles. The fourth-order valence-corrected chi connectivity index (χ4v) is 4.27. The van der Waals surface area contributed by atoms with Gasteiger partial charge in [-0.2, -0.15) is 5.10 Å². The molecule has 0 radical (unpaired) electrons. The number of imidazole rings is 1. The Hall–Kier alpha value is -2.93. The van der Waals surface area contributed by atoms with Crippen molar-refractivity contribution in [3.05, 3.63) is 42.2 Å². The van der Waals surface area contributed by atoms with Gasteiger partial charge in [-0.3, -0.25) is 5.10 Å². The van der Waals surface area contributed by atoms with Crippen LogP contribution < -0.4 is 4.90 Å². The fourth-order valence-electron chi connectivity index (χ4n) is 4.27. The van der Waals surface area contributed by atoms with Gasteiger partial charge in [0.2, 0.25) is 0 Å². The summed E-state index contributed by atoms with van der Waals surface area (Å²) in [4.78, 5) is 6.89. The van der Waals surface area contributed by atoms with E-state index in [1.54, 1.807) is 0 Å². The lowest BCUT2D eigenvalue weighted by Gasteiger charge is -2.33. The van der Waals surface area contributed by atoms with Gasteiger partial charge in [-0.1, -0.05) is 13.0 Å². The first-order valence-electron chi connectivity index (χ1n) is 10.5. The van der Waals surface area contributed by atoms with Gasteiger partial charge in [-0.25, -0.2) is 9.50 Å². The van der Waals surface area contributed by atoms with Gasteiger partial charge in [0.15, 0.2) is 5.65 Å². The molecule has 1 saturated heterocycles. The lowest BCUT2D eigenvalue weighted by atomic mass is 10.1. The standard InChI is InChI=1S/C22H24N6O/c1-2-16-13-27(9-10-29-16)21-8-7-20-23-12-19(28(20)26-21)15-5-6-18-17(11-15)22(25-24-18)14-3-4-14/h5-8,11-12,14,16H,2-4,9-10,13H2,1H3,(H,24,25). The summed E-state index contributed by atoms with van der Waals surface area (Å²) in [5.74, 6) is 1.58. The highest BCUT2D eigenvalue weighted by Crippen LogP contribution is 2.42. The topological polar surface area (TPSA) is 71.3 Å². The molecule has 2 aliphatic rings. The molecular formula is C22H24N6O. The first-order chi connectivity index (χ1) is 14.3. The van der Waals surface area contributed by atoms with Gasteiger partial charge in [-0.15, -0.1) is 5.10 Å². The first kappa shape index (κ1) is 17.0. The Morgan fingerprint density at radius 3 is 3.00 bits per heavy atom. The summed E-state index contributed by atoms with van der Waals surface area (Å²) in [6, 6.07) is 10.6. The van der Waals surface area contributed by atoms with Crippen molar-refractivity contribution in [2.75, 3.05) is 24.6 Å². The van der Waals surface area contributed by atoms with Crippen LogP contribution in [-0.2, 0) is 4.74 Å². The van der Waals surface area contributed by atoms with Crippen LogP contribution in [-0.4, -0.2) is 50.6 Å². The van der Waals surface area contributed by atoms with Crippen LogP contribution in [0.2, 0.25) is 0 Å². The number of nitrogens with zero attached hydrogens (tertiary/aromatic N) is 5. The number of rotatable bonds is 4. The second kappa shape index (κ2) is 6.56. The Morgan fingerprint density at radius 1 is 1.21 bits per heavy atom. The largest absolute Gasteiger partial charge is 0.375 e. The number of morpholine rings is 1. The minimum Gasteiger partial charge on any atom is -0.375 e. The quantitative estimate of drug-likeness (QED) is 0.576. The summed E-state index contributed by atoms with van der Waals surface area (Å²) in [6.07, 6.45) is 5.68. The fraction of sp³-hybridized carbons (Fsp3) is 0.409. The molecule has 3 aromatic heterocycles. The molecular weight excluding hydrogens is 364 g/mol. The van der Waals surface area contributed by atoms with E-state index >= 15 is 0 Å². The zero-order chi connectivity index (χ0) is 19.4. The van der Waals surface area contributed by atoms with Crippen LogP contribution in [0.25, 0.3) is 27.8 Å². The van der Waals surface area contributed by atoms with Crippen molar-refractivity contribution >= 4 is 22.4 Å². The second-order valence-corrected chi connectivity index (χ2v) is 8.10. The zero-order valence-corrected chi connectivity index (χ0v) is 16.5. The Balaban J connectivity index is 1.41. The number of H-pyrrole nitrogens is 1. The molecule has 4 aromatic rings. The van der Waals surface area contributed by atoms with Crippen molar-refractivity contribution in [1.29, 1.82) is 0 Å². The van der Waals surface area contributed by atoms with E-state index in [4.69, 9.17) is 9.84 Å². The number of hydrogen-bond donors (Lipinski definition) is 1. The third-order valence-electron chi connectivity index (χ3n) is 6.12. The van der Waals surface area contributed by atoms with Crippen LogP contribution in [0.3, 0.4) is 0 Å². The van der Waals surface area contributed by atoms with E-state index in [2.05, 4.69) is 51.3 Å². The number of fused-ring (bicyclic) bond motifs is 2. The summed E-state index contributed by atoms with van der Waals surface area (Å²) in [5, 5.41) is 13.9. The molecule has 1 unspecified atom stereocenters. The Kier molecular flexibility index (Phi) is 3.84. The first-order valence-corrected chi connectivity index (χ1v) is 10.5. The molecule has 1 N–H and O–H groups in total. The van der Waals surface area contributed by atoms with Crippen LogP contribution in [0.4, 0.5) is 5.82 Å². The van der Waals surface area contributed by atoms with Crippen LogP contribution in [0.1, 0.15) is 37.8 Å². The van der Waals surface area contributed by atoms with E-state index < -0.39 is 0 Å². The summed E-state index contributed by atoms with van der Waals surface area (Å²) in [6.45, 7) is 4.66. The van der Waals surface area contributed by atoms with Crippen LogP contribution >= 0.6 is 0 Å². The maximum atomic E-state index is 5.82. The molecule has 29 heavy (non-hydrogen) atoms. The van der Waals surface area contributed by atoms with E-state index in [-0.39, 0.29) is 6.10 Å². The van der Waals surface area contributed by atoms with Crippen LogP contribution in [0, 0.1) is 0 Å². The average Bonchev–Trinajstić information content (AvgIpc) is 3.39. The van der Waals surface area contributed by atoms with Crippen LogP contribution in [0.5, 0.6) is 0 Å². The summed E-state index contributed by atoms with van der Waals surface area (Å²) >= 11 is 0. The minimum absolute atomic E-state index is 0.271. The monoisotopic (exact) mass is 388 g/mol. The molecule has 6 rings (SSSR count). The third-order valence-corrected chi connectivity index (χ3v) is 6.12. The van der Waals surface area contributed by atoms with Gasteiger partial charge in [0.05, 0.1) is 35.8 Å². The van der Waals surface area contributed by atoms with Crippen molar-refractivity contribution in [1.82, 2.24) is 24.8 Å². The lowest BCUT2D eigenvalue weighted by molar-refractivity contribution is 0.0381. The highest BCUT2D eigenvalue weighted by atomic mass is 16.5. The molecule has 7 heteroatoms. The average molecular weight is 388 g/mol. The normalized spacial score (nSPS) is 20.0. The van der Waals surface area contributed by atoms with E-state index in [1.165, 1.54) is 23.9 Å². The molecule has 7 nitrogen and oxygen atoms in total. The number of hydrogen-bond acceptors (Lipinski definition) is 5. The SMILES string of the molecule is CCC1CN(c2ccc3ncc(-c4ccc5[nH]nc(C6CC6)c5c4)n3n2)CCO1. The third kappa shape index (κ3) is 2.88. The summed E-state index contributed by atoms with van der Waals surface area (Å²) in [5.41, 5.74) is 5.28. The number of aromatic amines is 1. The number of nitrogens with one attached hydrogen (secondary N) is 1. The molecule has 4 heterocycles. The van der Waals surface area contributed by atoms with Crippen molar-refractivity contribution in [3.63, 3.8) is 0 Å². The van der Waals surface area contributed by atoms with Gasteiger partial charge in [0.25, 0.3) is 0 Å². The van der Waals surface area contributed by atoms with Gasteiger partial charge < -0.3 is 9.64 Å². The number of benzene rings is 1. The second-order valence-electron chi connectivity index (χ2n) is 8.10. The van der Waals surface area contributed by atoms with Crippen LogP contribution in [0.15, 0.2) is 36.5 Å². The maximum Gasteiger partial charge on any atom is 0.154 e. The highest BCUT2D eigenvalue weighted by Gasteiger charge is 2.28. The zero-order valence-electron chi connectivity index (χ0n) is 16.5. The number of ether oxygens (including phenoxy) is 1. The molecule has 2 fully saturated rings. The predicted octanol–water partition coefficient (Wildman–Crippen LogP) is 3.77. The molecule has 1 atom stereocenters. The van der Waals surface area contributed by atoms with Gasteiger partial charge in [-0.05, 0) is 43.5 Å². The highest BCUT2D eigenvalue weighted by molar-refractivity contribution is 5.87. The van der Waals surface area contributed by atoms with E-state index in [0.717, 1.165) is 54.4 Å². The van der Waals surface area contributed by atoms with Crippen molar-refractivity contribution < 1.29 is 4.74 Å². The van der Waals surface area contributed by atoms with Crippen molar-refractivity contribution in [3.8, 4) is 11.3 Å². The summed E-state index contributed by atoms with van der Waals surface area (Å²) < 4.78 is 7.78.